The van der Waals surface area contributed by atoms with Crippen LogP contribution in [0.25, 0.3) is 0 Å². The zero-order chi connectivity index (χ0) is 20.6. The van der Waals surface area contributed by atoms with Crippen molar-refractivity contribution >= 4 is 6.21 Å². The van der Waals surface area contributed by atoms with Crippen LogP contribution in [-0.4, -0.2) is 48.9 Å². The number of rotatable bonds is 7. The number of hydrogen-bond donors (Lipinski definition) is 0. The first-order chi connectivity index (χ1) is 14.8. The van der Waals surface area contributed by atoms with E-state index in [4.69, 9.17) is 9.84 Å². The van der Waals surface area contributed by atoms with Gasteiger partial charge in [0, 0.05) is 26.2 Å². The van der Waals surface area contributed by atoms with Gasteiger partial charge in [0.2, 0.25) is 0 Å². The molecule has 1 saturated heterocycles. The van der Waals surface area contributed by atoms with Gasteiger partial charge in [0.1, 0.15) is 5.75 Å². The number of piperazine rings is 1. The molecule has 0 saturated carbocycles. The second-order valence-corrected chi connectivity index (χ2v) is 7.46. The SMILES string of the molecule is CCOc1ccc(C=NN2CCN(C(c3ccccc3)c3ccccc3)CC2)cc1. The van der Waals surface area contributed by atoms with Crippen LogP contribution in [-0.2, 0) is 0 Å². The van der Waals surface area contributed by atoms with E-state index in [-0.39, 0.29) is 6.04 Å². The van der Waals surface area contributed by atoms with E-state index in [1.807, 2.05) is 37.4 Å². The summed E-state index contributed by atoms with van der Waals surface area (Å²) in [6.45, 7) is 6.48. The van der Waals surface area contributed by atoms with Crippen molar-refractivity contribution in [1.82, 2.24) is 9.91 Å². The minimum Gasteiger partial charge on any atom is -0.494 e. The van der Waals surface area contributed by atoms with Gasteiger partial charge in [-0.2, -0.15) is 5.10 Å². The molecule has 3 aromatic carbocycles. The highest BCUT2D eigenvalue weighted by molar-refractivity contribution is 5.79. The summed E-state index contributed by atoms with van der Waals surface area (Å²) in [5.74, 6) is 0.899. The second-order valence-electron chi connectivity index (χ2n) is 7.46. The van der Waals surface area contributed by atoms with Crippen molar-refractivity contribution in [3.8, 4) is 5.75 Å². The maximum Gasteiger partial charge on any atom is 0.119 e. The lowest BCUT2D eigenvalue weighted by Gasteiger charge is -2.38. The van der Waals surface area contributed by atoms with Crippen molar-refractivity contribution in [3.63, 3.8) is 0 Å². The highest BCUT2D eigenvalue weighted by atomic mass is 16.5. The van der Waals surface area contributed by atoms with Crippen molar-refractivity contribution in [3.05, 3.63) is 102 Å². The molecule has 0 unspecified atom stereocenters. The van der Waals surface area contributed by atoms with Crippen LogP contribution in [0.5, 0.6) is 5.75 Å². The Labute approximate surface area is 179 Å². The quantitative estimate of drug-likeness (QED) is 0.533. The standard InChI is InChI=1S/C26H29N3O/c1-2-30-25-15-13-22(14-16-25)21-27-29-19-17-28(18-20-29)26(23-9-5-3-6-10-23)24-11-7-4-8-12-24/h3-16,21,26H,2,17-20H2,1H3. The van der Waals surface area contributed by atoms with E-state index < -0.39 is 0 Å². The predicted octanol–water partition coefficient (Wildman–Crippen LogP) is 4.83. The number of hydrogen-bond acceptors (Lipinski definition) is 4. The lowest BCUT2D eigenvalue weighted by atomic mass is 9.96. The summed E-state index contributed by atoms with van der Waals surface area (Å²) in [6, 6.07) is 30.0. The maximum atomic E-state index is 5.50. The van der Waals surface area contributed by atoms with Gasteiger partial charge in [-0.1, -0.05) is 60.7 Å². The molecular formula is C26H29N3O. The van der Waals surface area contributed by atoms with Crippen LogP contribution >= 0.6 is 0 Å². The summed E-state index contributed by atoms with van der Waals surface area (Å²) in [7, 11) is 0. The lowest BCUT2D eigenvalue weighted by Crippen LogP contribution is -2.45. The molecule has 30 heavy (non-hydrogen) atoms. The molecule has 0 bridgehead atoms. The van der Waals surface area contributed by atoms with Crippen LogP contribution in [0, 0.1) is 0 Å². The molecule has 0 N–H and O–H groups in total. The summed E-state index contributed by atoms with van der Waals surface area (Å²) in [5, 5.41) is 6.88. The Morgan fingerprint density at radius 2 is 1.37 bits per heavy atom. The Morgan fingerprint density at radius 3 is 1.90 bits per heavy atom. The third-order valence-electron chi connectivity index (χ3n) is 5.45. The Balaban J connectivity index is 1.41. The van der Waals surface area contributed by atoms with Crippen molar-refractivity contribution in [2.75, 3.05) is 32.8 Å². The highest BCUT2D eigenvalue weighted by Gasteiger charge is 2.25. The fraction of sp³-hybridized carbons (Fsp3) is 0.269. The van der Waals surface area contributed by atoms with E-state index in [0.29, 0.717) is 6.61 Å². The normalized spacial score (nSPS) is 15.1. The molecule has 4 nitrogen and oxygen atoms in total. The number of benzene rings is 3. The van der Waals surface area contributed by atoms with Gasteiger partial charge in [0.05, 0.1) is 18.9 Å². The predicted molar refractivity (Wildman–Crippen MR) is 123 cm³/mol. The molecule has 0 amide bonds. The Kier molecular flexibility index (Phi) is 6.78. The van der Waals surface area contributed by atoms with Crippen molar-refractivity contribution in [1.29, 1.82) is 0 Å². The first-order valence-electron chi connectivity index (χ1n) is 10.7. The van der Waals surface area contributed by atoms with Gasteiger partial charge < -0.3 is 4.74 Å². The number of nitrogens with zero attached hydrogens (tertiary/aromatic N) is 3. The smallest absolute Gasteiger partial charge is 0.119 e. The molecule has 154 valence electrons. The van der Waals surface area contributed by atoms with Gasteiger partial charge >= 0.3 is 0 Å². The highest BCUT2D eigenvalue weighted by Crippen LogP contribution is 2.29. The topological polar surface area (TPSA) is 28.1 Å². The van der Waals surface area contributed by atoms with Crippen LogP contribution in [0.3, 0.4) is 0 Å². The molecule has 3 aromatic rings. The van der Waals surface area contributed by atoms with E-state index in [0.717, 1.165) is 37.5 Å². The minimum atomic E-state index is 0.282. The summed E-state index contributed by atoms with van der Waals surface area (Å²) in [4.78, 5) is 2.56. The number of ether oxygens (including phenoxy) is 1. The summed E-state index contributed by atoms with van der Waals surface area (Å²) in [6.07, 6.45) is 1.94. The van der Waals surface area contributed by atoms with Crippen LogP contribution in [0.4, 0.5) is 0 Å². The molecular weight excluding hydrogens is 370 g/mol. The van der Waals surface area contributed by atoms with E-state index in [1.165, 1.54) is 11.1 Å². The van der Waals surface area contributed by atoms with Crippen molar-refractivity contribution < 1.29 is 4.74 Å². The molecule has 0 atom stereocenters. The third-order valence-corrected chi connectivity index (χ3v) is 5.45. The molecule has 1 aliphatic heterocycles. The second kappa shape index (κ2) is 10.1. The Bertz CT molecular complexity index is 878. The van der Waals surface area contributed by atoms with E-state index in [2.05, 4.69) is 70.6 Å². The lowest BCUT2D eigenvalue weighted by molar-refractivity contribution is 0.113. The van der Waals surface area contributed by atoms with Gasteiger partial charge in [0.25, 0.3) is 0 Å². The van der Waals surface area contributed by atoms with Crippen LogP contribution in [0.2, 0.25) is 0 Å². The maximum absolute atomic E-state index is 5.50. The van der Waals surface area contributed by atoms with Crippen LogP contribution in [0.1, 0.15) is 29.7 Å². The van der Waals surface area contributed by atoms with Gasteiger partial charge in [0.15, 0.2) is 0 Å². The van der Waals surface area contributed by atoms with E-state index in [9.17, 15) is 0 Å². The number of hydrazone groups is 1. The zero-order valence-electron chi connectivity index (χ0n) is 17.5. The molecule has 0 aliphatic carbocycles. The van der Waals surface area contributed by atoms with Gasteiger partial charge in [-0.15, -0.1) is 0 Å². The molecule has 0 aromatic heterocycles. The molecule has 0 radical (unpaired) electrons. The Morgan fingerprint density at radius 1 is 0.800 bits per heavy atom. The van der Waals surface area contributed by atoms with Crippen molar-refractivity contribution in [2.45, 2.75) is 13.0 Å². The molecule has 0 spiro atoms. The fourth-order valence-corrected chi connectivity index (χ4v) is 3.93. The monoisotopic (exact) mass is 399 g/mol. The van der Waals surface area contributed by atoms with Crippen LogP contribution < -0.4 is 4.74 Å². The average molecular weight is 400 g/mol. The molecule has 4 heteroatoms. The van der Waals surface area contributed by atoms with Crippen LogP contribution in [0.15, 0.2) is 90.0 Å². The summed E-state index contributed by atoms with van der Waals surface area (Å²) in [5.41, 5.74) is 3.78. The van der Waals surface area contributed by atoms with Gasteiger partial charge in [-0.3, -0.25) is 9.91 Å². The molecule has 1 heterocycles. The summed E-state index contributed by atoms with van der Waals surface area (Å²) >= 11 is 0. The average Bonchev–Trinajstić information content (AvgIpc) is 2.81. The largest absolute Gasteiger partial charge is 0.494 e. The molecule has 1 fully saturated rings. The minimum absolute atomic E-state index is 0.282. The fourth-order valence-electron chi connectivity index (χ4n) is 3.93. The molecule has 4 rings (SSSR count). The third kappa shape index (κ3) is 5.08. The van der Waals surface area contributed by atoms with Gasteiger partial charge in [-0.05, 0) is 47.9 Å². The Hall–Kier alpha value is -3.11. The molecule has 1 aliphatic rings. The van der Waals surface area contributed by atoms with E-state index >= 15 is 0 Å². The van der Waals surface area contributed by atoms with E-state index in [1.54, 1.807) is 0 Å². The summed E-state index contributed by atoms with van der Waals surface area (Å²) < 4.78 is 5.50. The zero-order valence-corrected chi connectivity index (χ0v) is 17.5. The van der Waals surface area contributed by atoms with Gasteiger partial charge in [-0.25, -0.2) is 0 Å². The first-order valence-corrected chi connectivity index (χ1v) is 10.7. The van der Waals surface area contributed by atoms with Crippen molar-refractivity contribution in [2.24, 2.45) is 5.10 Å². The first kappa shape index (κ1) is 20.2.